The highest BCUT2D eigenvalue weighted by Crippen LogP contribution is 2.01. The minimum atomic E-state index is -0.413. The Bertz CT molecular complexity index is 459. The Labute approximate surface area is 124 Å². The Balaban J connectivity index is 2.39. The molecule has 1 heterocycles. The molecular formula is C14H23N5O2. The average molecular weight is 293 g/mol. The van der Waals surface area contributed by atoms with Gasteiger partial charge in [-0.25, -0.2) is 0 Å². The van der Waals surface area contributed by atoms with E-state index in [0.29, 0.717) is 18.3 Å². The molecule has 0 aromatic carbocycles. The Morgan fingerprint density at radius 3 is 2.52 bits per heavy atom. The maximum Gasteiger partial charge on any atom is 0.272 e. The van der Waals surface area contributed by atoms with Crippen molar-refractivity contribution in [1.29, 1.82) is 0 Å². The summed E-state index contributed by atoms with van der Waals surface area (Å²) < 4.78 is 0. The number of nitrogens with zero attached hydrogens (tertiary/aromatic N) is 2. The predicted octanol–water partition coefficient (Wildman–Crippen LogP) is 0.800. The molecule has 116 valence electrons. The molecule has 0 fully saturated rings. The number of hydrogen-bond donors (Lipinski definition) is 3. The van der Waals surface area contributed by atoms with Crippen LogP contribution in [0, 0.1) is 5.92 Å². The van der Waals surface area contributed by atoms with Crippen molar-refractivity contribution in [3.63, 3.8) is 0 Å². The van der Waals surface area contributed by atoms with Crippen molar-refractivity contribution in [2.75, 3.05) is 25.0 Å². The average Bonchev–Trinajstić information content (AvgIpc) is 2.49. The van der Waals surface area contributed by atoms with Crippen molar-refractivity contribution in [1.82, 2.24) is 20.8 Å². The van der Waals surface area contributed by atoms with Gasteiger partial charge in [-0.15, -0.1) is 10.2 Å². The SMILES string of the molecule is CCCNc1ccc(C(=O)NCC(=O)NCC(C)C)nn1. The van der Waals surface area contributed by atoms with Crippen LogP contribution in [0.1, 0.15) is 37.7 Å². The normalized spacial score (nSPS) is 10.3. The van der Waals surface area contributed by atoms with E-state index >= 15 is 0 Å². The molecule has 0 aliphatic heterocycles. The molecule has 3 N–H and O–H groups in total. The summed E-state index contributed by atoms with van der Waals surface area (Å²) in [5, 5.41) is 16.0. The first-order valence-electron chi connectivity index (χ1n) is 7.15. The second-order valence-corrected chi connectivity index (χ2v) is 5.11. The molecule has 0 spiro atoms. The Morgan fingerprint density at radius 2 is 1.95 bits per heavy atom. The van der Waals surface area contributed by atoms with Crippen LogP contribution in [0.15, 0.2) is 12.1 Å². The van der Waals surface area contributed by atoms with Gasteiger partial charge in [-0.05, 0) is 24.5 Å². The molecule has 2 amide bonds. The van der Waals surface area contributed by atoms with Crippen molar-refractivity contribution in [2.24, 2.45) is 5.92 Å². The van der Waals surface area contributed by atoms with Gasteiger partial charge >= 0.3 is 0 Å². The Kier molecular flexibility index (Phi) is 7.14. The maximum absolute atomic E-state index is 11.8. The molecule has 1 aromatic rings. The molecule has 0 bridgehead atoms. The van der Waals surface area contributed by atoms with E-state index in [4.69, 9.17) is 0 Å². The first-order valence-corrected chi connectivity index (χ1v) is 7.15. The van der Waals surface area contributed by atoms with Crippen molar-refractivity contribution in [2.45, 2.75) is 27.2 Å². The number of amides is 2. The summed E-state index contributed by atoms with van der Waals surface area (Å²) in [6.07, 6.45) is 0.982. The van der Waals surface area contributed by atoms with Crippen LogP contribution in [0.4, 0.5) is 5.82 Å². The number of nitrogens with one attached hydrogen (secondary N) is 3. The van der Waals surface area contributed by atoms with Gasteiger partial charge in [0.2, 0.25) is 5.91 Å². The number of aromatic nitrogens is 2. The van der Waals surface area contributed by atoms with E-state index in [2.05, 4.69) is 26.1 Å². The van der Waals surface area contributed by atoms with E-state index in [-0.39, 0.29) is 18.1 Å². The lowest BCUT2D eigenvalue weighted by Crippen LogP contribution is -2.38. The van der Waals surface area contributed by atoms with E-state index in [1.807, 2.05) is 20.8 Å². The van der Waals surface area contributed by atoms with Crippen molar-refractivity contribution < 1.29 is 9.59 Å². The number of carbonyl (C=O) groups excluding carboxylic acids is 2. The summed E-state index contributed by atoms with van der Waals surface area (Å²) >= 11 is 0. The first kappa shape index (κ1) is 16.9. The third-order valence-corrected chi connectivity index (χ3v) is 2.57. The van der Waals surface area contributed by atoms with Crippen LogP contribution in [0.2, 0.25) is 0 Å². The number of carbonyl (C=O) groups is 2. The minimum absolute atomic E-state index is 0.0664. The smallest absolute Gasteiger partial charge is 0.272 e. The summed E-state index contributed by atoms with van der Waals surface area (Å²) in [6.45, 7) is 7.38. The second-order valence-electron chi connectivity index (χ2n) is 5.11. The highest BCUT2D eigenvalue weighted by atomic mass is 16.2. The van der Waals surface area contributed by atoms with Gasteiger partial charge in [0.1, 0.15) is 5.82 Å². The standard InChI is InChI=1S/C14H23N5O2/c1-4-7-15-12-6-5-11(18-19-12)14(21)17-9-13(20)16-8-10(2)3/h5-6,10H,4,7-9H2,1-3H3,(H,15,19)(H,16,20)(H,17,21). The molecule has 0 unspecified atom stereocenters. The number of hydrogen-bond acceptors (Lipinski definition) is 5. The monoisotopic (exact) mass is 293 g/mol. The van der Waals surface area contributed by atoms with Crippen LogP contribution in [0.3, 0.4) is 0 Å². The van der Waals surface area contributed by atoms with Gasteiger partial charge in [-0.3, -0.25) is 9.59 Å². The largest absolute Gasteiger partial charge is 0.369 e. The molecule has 0 atom stereocenters. The van der Waals surface area contributed by atoms with Gasteiger partial charge in [0.15, 0.2) is 5.69 Å². The van der Waals surface area contributed by atoms with Crippen molar-refractivity contribution in [3.8, 4) is 0 Å². The summed E-state index contributed by atoms with van der Waals surface area (Å²) in [5.41, 5.74) is 0.189. The number of rotatable bonds is 8. The van der Waals surface area contributed by atoms with Gasteiger partial charge in [-0.2, -0.15) is 0 Å². The van der Waals surface area contributed by atoms with Crippen LogP contribution < -0.4 is 16.0 Å². The van der Waals surface area contributed by atoms with Crippen LogP contribution >= 0.6 is 0 Å². The first-order chi connectivity index (χ1) is 10.0. The lowest BCUT2D eigenvalue weighted by atomic mass is 10.2. The van der Waals surface area contributed by atoms with Crippen molar-refractivity contribution in [3.05, 3.63) is 17.8 Å². The van der Waals surface area contributed by atoms with Gasteiger partial charge in [0.25, 0.3) is 5.91 Å². The molecule has 0 saturated heterocycles. The molecule has 1 rings (SSSR count). The second kappa shape index (κ2) is 8.89. The maximum atomic E-state index is 11.8. The summed E-state index contributed by atoms with van der Waals surface area (Å²) in [7, 11) is 0. The van der Waals surface area contributed by atoms with Crippen LogP contribution in [0.25, 0.3) is 0 Å². The molecule has 0 radical (unpaired) electrons. The Hall–Kier alpha value is -2.18. The van der Waals surface area contributed by atoms with Crippen molar-refractivity contribution >= 4 is 17.6 Å². The summed E-state index contributed by atoms with van der Waals surface area (Å²) in [5.74, 6) is 0.372. The van der Waals surface area contributed by atoms with Crippen LogP contribution in [-0.2, 0) is 4.79 Å². The molecular weight excluding hydrogens is 270 g/mol. The molecule has 7 nitrogen and oxygen atoms in total. The zero-order valence-corrected chi connectivity index (χ0v) is 12.8. The van der Waals surface area contributed by atoms with Crippen LogP contribution in [0.5, 0.6) is 0 Å². The van der Waals surface area contributed by atoms with E-state index < -0.39 is 5.91 Å². The van der Waals surface area contributed by atoms with E-state index in [1.165, 1.54) is 0 Å². The summed E-state index contributed by atoms with van der Waals surface area (Å²) in [4.78, 5) is 23.3. The minimum Gasteiger partial charge on any atom is -0.369 e. The quantitative estimate of drug-likeness (QED) is 0.659. The molecule has 0 aliphatic carbocycles. The van der Waals surface area contributed by atoms with Crippen LogP contribution in [-0.4, -0.2) is 41.6 Å². The Morgan fingerprint density at radius 1 is 1.19 bits per heavy atom. The van der Waals surface area contributed by atoms with Gasteiger partial charge < -0.3 is 16.0 Å². The highest BCUT2D eigenvalue weighted by molar-refractivity contribution is 5.94. The van der Waals surface area contributed by atoms with E-state index in [9.17, 15) is 9.59 Å². The zero-order chi connectivity index (χ0) is 15.7. The van der Waals surface area contributed by atoms with Gasteiger partial charge in [0, 0.05) is 13.1 Å². The highest BCUT2D eigenvalue weighted by Gasteiger charge is 2.10. The molecule has 1 aromatic heterocycles. The topological polar surface area (TPSA) is 96.0 Å². The summed E-state index contributed by atoms with van der Waals surface area (Å²) in [6, 6.07) is 3.27. The lowest BCUT2D eigenvalue weighted by molar-refractivity contribution is -0.120. The predicted molar refractivity (Wildman–Crippen MR) is 81.0 cm³/mol. The fourth-order valence-electron chi connectivity index (χ4n) is 1.43. The molecule has 7 heteroatoms. The van der Waals surface area contributed by atoms with Gasteiger partial charge in [-0.1, -0.05) is 20.8 Å². The molecule has 0 aliphatic rings. The zero-order valence-electron chi connectivity index (χ0n) is 12.8. The number of anilines is 1. The molecule has 0 saturated carbocycles. The molecule has 21 heavy (non-hydrogen) atoms. The third kappa shape index (κ3) is 6.69. The fraction of sp³-hybridized carbons (Fsp3) is 0.571. The third-order valence-electron chi connectivity index (χ3n) is 2.57. The van der Waals surface area contributed by atoms with E-state index in [1.54, 1.807) is 12.1 Å². The van der Waals surface area contributed by atoms with E-state index in [0.717, 1.165) is 13.0 Å². The lowest BCUT2D eigenvalue weighted by Gasteiger charge is -2.08. The fourth-order valence-corrected chi connectivity index (χ4v) is 1.43. The van der Waals surface area contributed by atoms with Gasteiger partial charge in [0.05, 0.1) is 6.54 Å².